The van der Waals surface area contributed by atoms with E-state index in [9.17, 15) is 0 Å². The van der Waals surface area contributed by atoms with Gasteiger partial charge in [-0.3, -0.25) is 19.9 Å². The fraction of sp³-hybridized carbons (Fsp3) is 0.357. The molecule has 0 fully saturated rings. The molecule has 632 valence electrons. The molecule has 0 spiro atoms. The summed E-state index contributed by atoms with van der Waals surface area (Å²) in [5, 5.41) is 9.95. The van der Waals surface area contributed by atoms with Crippen LogP contribution in [-0.4, -0.2) is 37.9 Å². The minimum Gasteiger partial charge on any atom is -0.255 e. The first-order valence-electron chi connectivity index (χ1n) is 45.9. The maximum atomic E-state index is 4.90. The van der Waals surface area contributed by atoms with Gasteiger partial charge in [0.1, 0.15) is 22.1 Å². The van der Waals surface area contributed by atoms with Gasteiger partial charge in [-0.15, -0.1) is 0 Å². The van der Waals surface area contributed by atoms with Gasteiger partial charge < -0.3 is 0 Å². The third kappa shape index (κ3) is 15.0. The second kappa shape index (κ2) is 33.7. The molecule has 0 saturated heterocycles. The number of aryl methyl sites for hydroxylation is 8. The van der Waals surface area contributed by atoms with Gasteiger partial charge in [0, 0.05) is 68.6 Å². The van der Waals surface area contributed by atoms with Gasteiger partial charge in [-0.1, -0.05) is 184 Å². The van der Waals surface area contributed by atoms with Crippen molar-refractivity contribution in [1.82, 2.24) is 37.9 Å². The molecule has 12 heterocycles. The highest BCUT2D eigenvalue weighted by molar-refractivity contribution is 6.15. The lowest BCUT2D eigenvalue weighted by Gasteiger charge is -2.11. The molecular weight excluding hydrogens is 1510 g/mol. The maximum absolute atomic E-state index is 4.90. The lowest BCUT2D eigenvalue weighted by Crippen LogP contribution is -2.27. The number of benzene rings is 8. The molecule has 124 heavy (non-hydrogen) atoms. The molecule has 0 aliphatic rings. The Labute approximate surface area is 731 Å². The average Bonchev–Trinajstić information content (AvgIpc) is 1.55. The number of hydrogen-bond acceptors (Lipinski definition) is 4. The quantitative estimate of drug-likeness (QED) is 0.0712. The summed E-state index contributed by atoms with van der Waals surface area (Å²) >= 11 is 0. The number of rotatable bonds is 16. The van der Waals surface area contributed by atoms with E-state index in [0.717, 1.165) is 73.4 Å². The first-order valence-corrected chi connectivity index (χ1v) is 45.9. The van der Waals surface area contributed by atoms with Crippen LogP contribution in [0.4, 0.5) is 0 Å². The first kappa shape index (κ1) is 84.5. The molecule has 8 aromatic carbocycles. The van der Waals surface area contributed by atoms with E-state index in [4.69, 9.17) is 19.9 Å². The van der Waals surface area contributed by atoms with Crippen molar-refractivity contribution in [3.63, 3.8) is 0 Å². The Bertz CT molecular complexity index is 7570. The molecule has 0 N–H and O–H groups in total. The minimum atomic E-state index is 0.593. The summed E-state index contributed by atoms with van der Waals surface area (Å²) in [6.45, 7) is 45.6. The average molecular weight is 1640 g/mol. The molecule has 0 aliphatic carbocycles. The summed E-state index contributed by atoms with van der Waals surface area (Å²) in [5.74, 6) is 4.94. The summed E-state index contributed by atoms with van der Waals surface area (Å²) < 4.78 is 19.5. The van der Waals surface area contributed by atoms with Crippen molar-refractivity contribution in [1.29, 1.82) is 0 Å². The number of imidazole rings is 4. The van der Waals surface area contributed by atoms with Crippen LogP contribution in [0.15, 0.2) is 195 Å². The van der Waals surface area contributed by atoms with E-state index in [2.05, 4.69) is 372 Å². The van der Waals surface area contributed by atoms with Gasteiger partial charge in [-0.25, -0.2) is 18.3 Å². The van der Waals surface area contributed by atoms with Crippen LogP contribution in [0.2, 0.25) is 0 Å². The summed E-state index contributed by atoms with van der Waals surface area (Å²) in [7, 11) is 8.82. The Kier molecular flexibility index (Phi) is 23.0. The predicted octanol–water partition coefficient (Wildman–Crippen LogP) is 25.3. The lowest BCUT2D eigenvalue weighted by molar-refractivity contribution is -0.617. The minimum absolute atomic E-state index is 0.593. The number of pyridine rings is 8. The van der Waals surface area contributed by atoms with Crippen LogP contribution >= 0.6 is 0 Å². The van der Waals surface area contributed by atoms with Crippen LogP contribution in [-0.2, 0) is 79.6 Å². The van der Waals surface area contributed by atoms with Gasteiger partial charge in [0.25, 0.3) is 22.6 Å². The number of para-hydroxylation sites is 4. The molecule has 12 nitrogen and oxygen atoms in total. The van der Waals surface area contributed by atoms with Crippen LogP contribution < -0.4 is 17.9 Å². The number of fused-ring (bicyclic) bond motifs is 32. The summed E-state index contributed by atoms with van der Waals surface area (Å²) in [5.41, 5.74) is 41.2. The Morgan fingerprint density at radius 2 is 0.645 bits per heavy atom. The van der Waals surface area contributed by atoms with Gasteiger partial charge in [0.2, 0.25) is 0 Å². The highest BCUT2D eigenvalue weighted by Crippen LogP contribution is 2.40. The standard InChI is InChI=1S/4C28H32N3/c1-17(2)14-20-10-11-23-22(16-20)26-25(19(5)12-13-29-26)28-30(6)24-9-7-8-21(15-18(3)4)27(24)31(23)28;1-17(2)14-20-10-11-22-24(16-20)31-27-21(15-18(3)4)8-7-9-23(27)30(6)28(31)25-19(5)12-13-29-26(22)25;1-17(2)14-20-10-11-23-24(16-20)30(6)28-25-19(5)12-13-29-26(25)22-9-7-8-21(15-18(3)4)27(22)31(23)28;1-17(2)13-20-15-21(14-18(3)4)27-24(16-20)30(6)28-25-19(5)11-12-29-26(25)22-9-7-8-10-23(22)31(27)28/h3*7-13,16-18H,14-15H2,1-6H3;7-12,15-18H,13-14H2,1-6H3/q4*+1. The van der Waals surface area contributed by atoms with Crippen molar-refractivity contribution >= 4 is 154 Å². The summed E-state index contributed by atoms with van der Waals surface area (Å²) in [4.78, 5) is 19.5. The van der Waals surface area contributed by atoms with Crippen molar-refractivity contribution in [3.05, 3.63) is 261 Å². The molecule has 20 aromatic rings. The van der Waals surface area contributed by atoms with Crippen molar-refractivity contribution in [2.45, 2.75) is 190 Å². The predicted molar refractivity (Wildman–Crippen MR) is 523 cm³/mol. The molecule has 0 saturated carbocycles. The SMILES string of the molecule is Cc1ccnc2c3cc(CC(C)C)ccc3n3c4c(CC(C)C)cccc4[n+](C)c3c12.Cc1ccnc2c3ccc(CC(C)C)cc3n3c4c(CC(C)C)cccc4[n+](C)c3c12.Cc1ccnc2c3cccc(CC(C)C)c3[n+]3c4ccc(CC(C)C)cc4n(C)c3c12.Cc1ccnc2c3ccccc3[n+]3c4c(CC(C)C)cc(CC(C)C)cc4n(C)c3c12. The lowest BCUT2D eigenvalue weighted by atomic mass is 9.95. The molecule has 12 heteroatoms. The molecule has 12 aromatic heterocycles. The molecule has 0 bridgehead atoms. The fourth-order valence-electron chi connectivity index (χ4n) is 20.9. The van der Waals surface area contributed by atoms with Crippen molar-refractivity contribution in [3.8, 4) is 0 Å². The zero-order chi connectivity index (χ0) is 87.4. The molecule has 0 unspecified atom stereocenters. The smallest absolute Gasteiger partial charge is 0.255 e. The maximum Gasteiger partial charge on any atom is 0.297 e. The Hall–Kier alpha value is -11.8. The van der Waals surface area contributed by atoms with E-state index >= 15 is 0 Å². The third-order valence-corrected chi connectivity index (χ3v) is 25.7. The van der Waals surface area contributed by atoms with Gasteiger partial charge in [-0.2, -0.15) is 17.6 Å². The Balaban J connectivity index is 0.000000117. The molecule has 20 rings (SSSR count). The summed E-state index contributed by atoms with van der Waals surface area (Å²) in [6.07, 6.45) is 16.4. The molecule has 0 amide bonds. The molecule has 0 atom stereocenters. The molecule has 0 radical (unpaired) electrons. The molecular formula is C112H128N12+4. The third-order valence-electron chi connectivity index (χ3n) is 25.7. The van der Waals surface area contributed by atoms with Crippen LogP contribution in [0.25, 0.3) is 154 Å². The molecule has 0 aliphatic heterocycles. The normalized spacial score (nSPS) is 12.4. The Morgan fingerprint density at radius 1 is 0.274 bits per heavy atom. The fourth-order valence-corrected chi connectivity index (χ4v) is 20.9. The van der Waals surface area contributed by atoms with Gasteiger partial charge in [0.15, 0.2) is 44.1 Å². The van der Waals surface area contributed by atoms with Crippen LogP contribution in [0, 0.1) is 75.0 Å². The van der Waals surface area contributed by atoms with Crippen molar-refractivity contribution in [2.24, 2.45) is 75.5 Å². The highest BCUT2D eigenvalue weighted by atomic mass is 15.1. The monoisotopic (exact) mass is 1640 g/mol. The zero-order valence-electron chi connectivity index (χ0n) is 78.1. The highest BCUT2D eigenvalue weighted by Gasteiger charge is 2.33. The van der Waals surface area contributed by atoms with E-state index < -0.39 is 0 Å². The number of nitrogens with zero attached hydrogens (tertiary/aromatic N) is 12. The van der Waals surface area contributed by atoms with E-state index in [-0.39, 0.29) is 0 Å². The second-order valence-corrected chi connectivity index (χ2v) is 39.6. The van der Waals surface area contributed by atoms with E-state index in [1.54, 1.807) is 0 Å². The van der Waals surface area contributed by atoms with E-state index in [1.807, 2.05) is 24.8 Å². The van der Waals surface area contributed by atoms with Crippen LogP contribution in [0.5, 0.6) is 0 Å². The second-order valence-electron chi connectivity index (χ2n) is 39.6. The number of hydrogen-bond donors (Lipinski definition) is 0. The van der Waals surface area contributed by atoms with Gasteiger partial charge in [-0.05, 0) is 268 Å². The van der Waals surface area contributed by atoms with Crippen molar-refractivity contribution < 1.29 is 17.9 Å². The number of aromatic nitrogens is 12. The topological polar surface area (TPSA) is 86.2 Å². The summed E-state index contributed by atoms with van der Waals surface area (Å²) in [6, 6.07) is 63.4. The van der Waals surface area contributed by atoms with E-state index in [0.29, 0.717) is 47.3 Å². The largest absolute Gasteiger partial charge is 0.297 e. The van der Waals surface area contributed by atoms with Gasteiger partial charge in [0.05, 0.1) is 71.8 Å². The van der Waals surface area contributed by atoms with Crippen molar-refractivity contribution in [2.75, 3.05) is 0 Å². The first-order chi connectivity index (χ1) is 59.5. The van der Waals surface area contributed by atoms with Crippen LogP contribution in [0.3, 0.4) is 0 Å². The van der Waals surface area contributed by atoms with Gasteiger partial charge >= 0.3 is 0 Å². The van der Waals surface area contributed by atoms with E-state index in [1.165, 1.54) is 199 Å². The zero-order valence-corrected chi connectivity index (χ0v) is 78.1. The van der Waals surface area contributed by atoms with Crippen LogP contribution in [0.1, 0.15) is 178 Å². The Morgan fingerprint density at radius 3 is 1.17 bits per heavy atom.